The van der Waals surface area contributed by atoms with Crippen LogP contribution in [0.25, 0.3) is 0 Å². The van der Waals surface area contributed by atoms with Crippen molar-refractivity contribution in [3.63, 3.8) is 0 Å². The fraction of sp³-hybridized carbons (Fsp3) is 0.533. The van der Waals surface area contributed by atoms with Gasteiger partial charge in [0.1, 0.15) is 0 Å². The number of benzene rings is 1. The molecule has 0 aromatic heterocycles. The summed E-state index contributed by atoms with van der Waals surface area (Å²) < 4.78 is 0. The number of nitrogens with zero attached hydrogens (tertiary/aromatic N) is 2. The summed E-state index contributed by atoms with van der Waals surface area (Å²) in [6.45, 7) is 6.87. The molecule has 1 amide bonds. The first kappa shape index (κ1) is 12.9. The van der Waals surface area contributed by atoms with Gasteiger partial charge in [0, 0.05) is 37.8 Å². The van der Waals surface area contributed by atoms with E-state index in [2.05, 4.69) is 43.0 Å². The summed E-state index contributed by atoms with van der Waals surface area (Å²) in [4.78, 5) is 16.3. The first-order valence-corrected chi connectivity index (χ1v) is 6.82. The molecule has 1 fully saturated rings. The van der Waals surface area contributed by atoms with Crippen molar-refractivity contribution in [3.8, 4) is 0 Å². The van der Waals surface area contributed by atoms with Gasteiger partial charge in [-0.15, -0.1) is 0 Å². The molecular formula is C15H22N2O. The highest BCUT2D eigenvalue weighted by atomic mass is 16.2. The highest BCUT2D eigenvalue weighted by molar-refractivity contribution is 5.76. The zero-order chi connectivity index (χ0) is 13.0. The van der Waals surface area contributed by atoms with E-state index in [1.54, 1.807) is 0 Å². The predicted octanol–water partition coefficient (Wildman–Crippen LogP) is 2.52. The van der Waals surface area contributed by atoms with Gasteiger partial charge in [0.05, 0.1) is 0 Å². The average Bonchev–Trinajstić information content (AvgIpc) is 2.40. The van der Waals surface area contributed by atoms with Crippen LogP contribution in [0.3, 0.4) is 0 Å². The van der Waals surface area contributed by atoms with E-state index in [-0.39, 0.29) is 0 Å². The fourth-order valence-corrected chi connectivity index (χ4v) is 2.56. The zero-order valence-corrected chi connectivity index (χ0v) is 11.3. The van der Waals surface area contributed by atoms with E-state index in [4.69, 9.17) is 0 Å². The van der Waals surface area contributed by atoms with Crippen molar-refractivity contribution in [1.29, 1.82) is 0 Å². The molecule has 2 rings (SSSR count). The van der Waals surface area contributed by atoms with Gasteiger partial charge in [-0.3, -0.25) is 4.79 Å². The average molecular weight is 246 g/mol. The molecule has 1 aromatic rings. The maximum Gasteiger partial charge on any atom is 0.222 e. The SMILES string of the molecule is CCCC(=O)N1CCN(c2ccccc2)C(C)C1. The van der Waals surface area contributed by atoms with Crippen LogP contribution >= 0.6 is 0 Å². The van der Waals surface area contributed by atoms with Gasteiger partial charge in [-0.1, -0.05) is 25.1 Å². The molecule has 0 N–H and O–H groups in total. The third kappa shape index (κ3) is 2.84. The standard InChI is InChI=1S/C15H22N2O/c1-3-7-15(18)16-10-11-17(13(2)12-16)14-8-5-4-6-9-14/h4-6,8-9,13H,3,7,10-12H2,1-2H3. The fourth-order valence-electron chi connectivity index (χ4n) is 2.56. The van der Waals surface area contributed by atoms with Crippen LogP contribution in [-0.2, 0) is 4.79 Å². The molecule has 0 spiro atoms. The third-order valence-corrected chi connectivity index (χ3v) is 3.53. The minimum Gasteiger partial charge on any atom is -0.365 e. The number of carbonyl (C=O) groups excluding carboxylic acids is 1. The lowest BCUT2D eigenvalue weighted by molar-refractivity contribution is -0.132. The topological polar surface area (TPSA) is 23.6 Å². The largest absolute Gasteiger partial charge is 0.365 e. The number of carbonyl (C=O) groups is 1. The van der Waals surface area contributed by atoms with Crippen molar-refractivity contribution in [1.82, 2.24) is 4.90 Å². The van der Waals surface area contributed by atoms with Crippen LogP contribution in [0.5, 0.6) is 0 Å². The normalized spacial score (nSPS) is 20.0. The van der Waals surface area contributed by atoms with Crippen LogP contribution in [0.4, 0.5) is 5.69 Å². The molecule has 0 saturated carbocycles. The smallest absolute Gasteiger partial charge is 0.222 e. The van der Waals surface area contributed by atoms with Crippen LogP contribution in [0.1, 0.15) is 26.7 Å². The van der Waals surface area contributed by atoms with Gasteiger partial charge in [0.2, 0.25) is 5.91 Å². The Hall–Kier alpha value is -1.51. The quantitative estimate of drug-likeness (QED) is 0.818. The van der Waals surface area contributed by atoms with Crippen LogP contribution in [0.2, 0.25) is 0 Å². The number of hydrogen-bond donors (Lipinski definition) is 0. The van der Waals surface area contributed by atoms with E-state index < -0.39 is 0 Å². The molecule has 98 valence electrons. The number of anilines is 1. The zero-order valence-electron chi connectivity index (χ0n) is 11.3. The van der Waals surface area contributed by atoms with Gasteiger partial charge in [-0.05, 0) is 25.5 Å². The summed E-state index contributed by atoms with van der Waals surface area (Å²) in [6, 6.07) is 10.8. The van der Waals surface area contributed by atoms with Gasteiger partial charge < -0.3 is 9.80 Å². The summed E-state index contributed by atoms with van der Waals surface area (Å²) in [5, 5.41) is 0. The molecule has 0 aliphatic carbocycles. The van der Waals surface area contributed by atoms with E-state index in [9.17, 15) is 4.79 Å². The Morgan fingerprint density at radius 3 is 2.61 bits per heavy atom. The number of hydrogen-bond acceptors (Lipinski definition) is 2. The van der Waals surface area contributed by atoms with Gasteiger partial charge in [-0.25, -0.2) is 0 Å². The Kier molecular flexibility index (Phi) is 4.24. The van der Waals surface area contributed by atoms with Crippen molar-refractivity contribution >= 4 is 11.6 Å². The van der Waals surface area contributed by atoms with Gasteiger partial charge in [0.15, 0.2) is 0 Å². The second kappa shape index (κ2) is 5.89. The Morgan fingerprint density at radius 1 is 1.28 bits per heavy atom. The van der Waals surface area contributed by atoms with Gasteiger partial charge in [-0.2, -0.15) is 0 Å². The summed E-state index contributed by atoms with van der Waals surface area (Å²) in [7, 11) is 0. The monoisotopic (exact) mass is 246 g/mol. The highest BCUT2D eigenvalue weighted by Gasteiger charge is 2.26. The molecule has 3 heteroatoms. The third-order valence-electron chi connectivity index (χ3n) is 3.53. The molecule has 1 heterocycles. The van der Waals surface area contributed by atoms with Crippen molar-refractivity contribution in [2.45, 2.75) is 32.7 Å². The molecule has 1 unspecified atom stereocenters. The first-order valence-electron chi connectivity index (χ1n) is 6.82. The van der Waals surface area contributed by atoms with Crippen LogP contribution < -0.4 is 4.90 Å². The lowest BCUT2D eigenvalue weighted by Crippen LogP contribution is -2.53. The summed E-state index contributed by atoms with van der Waals surface area (Å²) in [6.07, 6.45) is 1.62. The van der Waals surface area contributed by atoms with Crippen molar-refractivity contribution in [2.75, 3.05) is 24.5 Å². The Bertz CT molecular complexity index is 391. The Morgan fingerprint density at radius 2 is 2.00 bits per heavy atom. The maximum absolute atomic E-state index is 11.9. The number of piperazine rings is 1. The number of rotatable bonds is 3. The Labute approximate surface area is 109 Å². The lowest BCUT2D eigenvalue weighted by Gasteiger charge is -2.41. The van der Waals surface area contributed by atoms with E-state index in [1.165, 1.54) is 5.69 Å². The second-order valence-corrected chi connectivity index (χ2v) is 4.97. The van der Waals surface area contributed by atoms with Crippen LogP contribution in [-0.4, -0.2) is 36.5 Å². The van der Waals surface area contributed by atoms with Crippen LogP contribution in [0.15, 0.2) is 30.3 Å². The summed E-state index contributed by atoms with van der Waals surface area (Å²) in [5.74, 6) is 0.303. The predicted molar refractivity (Wildman–Crippen MR) is 74.7 cm³/mol. The lowest BCUT2D eigenvalue weighted by atomic mass is 10.1. The second-order valence-electron chi connectivity index (χ2n) is 4.97. The van der Waals surface area contributed by atoms with Crippen molar-refractivity contribution < 1.29 is 4.79 Å². The van der Waals surface area contributed by atoms with Gasteiger partial charge >= 0.3 is 0 Å². The molecule has 1 aliphatic rings. The molecule has 18 heavy (non-hydrogen) atoms. The molecule has 0 radical (unpaired) electrons. The number of para-hydroxylation sites is 1. The molecule has 0 bridgehead atoms. The first-order chi connectivity index (χ1) is 8.72. The van der Waals surface area contributed by atoms with E-state index in [0.717, 1.165) is 26.1 Å². The molecule has 3 nitrogen and oxygen atoms in total. The summed E-state index contributed by atoms with van der Waals surface area (Å²) >= 11 is 0. The molecule has 1 aliphatic heterocycles. The van der Waals surface area contributed by atoms with Crippen LogP contribution in [0, 0.1) is 0 Å². The molecule has 1 atom stereocenters. The maximum atomic E-state index is 11.9. The highest BCUT2D eigenvalue weighted by Crippen LogP contribution is 2.20. The van der Waals surface area contributed by atoms with E-state index in [0.29, 0.717) is 18.4 Å². The summed E-state index contributed by atoms with van der Waals surface area (Å²) in [5.41, 5.74) is 1.26. The minimum atomic E-state index is 0.303. The van der Waals surface area contributed by atoms with E-state index in [1.807, 2.05) is 11.0 Å². The minimum absolute atomic E-state index is 0.303. The number of amides is 1. The molecular weight excluding hydrogens is 224 g/mol. The van der Waals surface area contributed by atoms with Crippen molar-refractivity contribution in [3.05, 3.63) is 30.3 Å². The Balaban J connectivity index is 1.99. The van der Waals surface area contributed by atoms with E-state index >= 15 is 0 Å². The molecule has 1 aromatic carbocycles. The van der Waals surface area contributed by atoms with Crippen molar-refractivity contribution in [2.24, 2.45) is 0 Å². The molecule has 1 saturated heterocycles. The van der Waals surface area contributed by atoms with Gasteiger partial charge in [0.25, 0.3) is 0 Å².